The van der Waals surface area contributed by atoms with Crippen molar-refractivity contribution in [1.82, 2.24) is 14.9 Å². The molecule has 0 aliphatic heterocycles. The minimum Gasteiger partial charge on any atom is -0.352 e. The Morgan fingerprint density at radius 3 is 2.33 bits per heavy atom. The van der Waals surface area contributed by atoms with E-state index in [2.05, 4.69) is 14.9 Å². The van der Waals surface area contributed by atoms with Gasteiger partial charge in [-0.25, -0.2) is 13.1 Å². The average Bonchev–Trinajstić information content (AvgIpc) is 2.64. The molecule has 2 rings (SSSR count). The van der Waals surface area contributed by atoms with Crippen LogP contribution in [0, 0.1) is 6.92 Å². The zero-order valence-corrected chi connectivity index (χ0v) is 16.8. The van der Waals surface area contributed by atoms with E-state index >= 15 is 0 Å². The molecule has 0 bridgehead atoms. The quantitative estimate of drug-likeness (QED) is 0.644. The lowest BCUT2D eigenvalue weighted by Gasteiger charge is -2.11. The first-order valence-corrected chi connectivity index (χ1v) is 10.3. The van der Waals surface area contributed by atoms with Crippen LogP contribution < -0.4 is 10.0 Å². The first-order valence-electron chi connectivity index (χ1n) is 8.87. The van der Waals surface area contributed by atoms with Gasteiger partial charge in [0, 0.05) is 18.7 Å². The molecule has 0 aliphatic carbocycles. The van der Waals surface area contributed by atoms with Crippen LogP contribution in [0.4, 0.5) is 0 Å². The molecule has 0 fully saturated rings. The van der Waals surface area contributed by atoms with Gasteiger partial charge in [-0.2, -0.15) is 0 Å². The lowest BCUT2D eigenvalue weighted by Crippen LogP contribution is -2.27. The maximum atomic E-state index is 12.5. The van der Waals surface area contributed by atoms with Crippen LogP contribution >= 0.6 is 0 Å². The zero-order chi connectivity index (χ0) is 19.9. The number of sulfonamides is 1. The van der Waals surface area contributed by atoms with Gasteiger partial charge in [-0.15, -0.1) is 0 Å². The Balaban J connectivity index is 1.94. The molecule has 2 aromatic rings. The highest BCUT2D eigenvalue weighted by molar-refractivity contribution is 7.89. The highest BCUT2D eigenvalue weighted by atomic mass is 32.2. The maximum Gasteiger partial charge on any atom is 0.251 e. The highest BCUT2D eigenvalue weighted by Gasteiger charge is 2.15. The van der Waals surface area contributed by atoms with Crippen molar-refractivity contribution in [3.63, 3.8) is 0 Å². The number of amides is 1. The minimum atomic E-state index is -3.64. The molecule has 2 N–H and O–H groups in total. The number of carbonyl (C=O) groups excluding carboxylic acids is 1. The van der Waals surface area contributed by atoms with E-state index in [4.69, 9.17) is 0 Å². The molecule has 0 spiro atoms. The highest BCUT2D eigenvalue weighted by Crippen LogP contribution is 2.13. The number of hydrogen-bond donors (Lipinski definition) is 2. The normalized spacial score (nSPS) is 11.6. The minimum absolute atomic E-state index is 0.139. The van der Waals surface area contributed by atoms with E-state index in [1.807, 2.05) is 45.3 Å². The van der Waals surface area contributed by atoms with Gasteiger partial charge in [-0.05, 0) is 69.4 Å². The summed E-state index contributed by atoms with van der Waals surface area (Å²) in [5.74, 6) is -0.203. The van der Waals surface area contributed by atoms with Crippen LogP contribution in [-0.4, -0.2) is 46.4 Å². The fourth-order valence-corrected chi connectivity index (χ4v) is 3.56. The number of nitrogens with one attached hydrogen (secondary N) is 2. The molecule has 0 saturated heterocycles. The van der Waals surface area contributed by atoms with Gasteiger partial charge in [0.1, 0.15) is 0 Å². The van der Waals surface area contributed by atoms with E-state index in [1.165, 1.54) is 24.3 Å². The van der Waals surface area contributed by atoms with Crippen molar-refractivity contribution >= 4 is 15.9 Å². The summed E-state index contributed by atoms with van der Waals surface area (Å²) in [7, 11) is 0.325. The molecule has 0 atom stereocenters. The molecule has 1 amide bonds. The van der Waals surface area contributed by atoms with E-state index in [0.29, 0.717) is 12.1 Å². The molecule has 146 valence electrons. The topological polar surface area (TPSA) is 78.5 Å². The molecule has 0 aliphatic rings. The predicted molar refractivity (Wildman–Crippen MR) is 107 cm³/mol. The van der Waals surface area contributed by atoms with Crippen molar-refractivity contribution in [1.29, 1.82) is 0 Å². The van der Waals surface area contributed by atoms with Crippen molar-refractivity contribution in [2.45, 2.75) is 24.8 Å². The third kappa shape index (κ3) is 6.46. The number of carbonyl (C=O) groups is 1. The lowest BCUT2D eigenvalue weighted by molar-refractivity contribution is 0.0952. The SMILES string of the molecule is Cc1ccccc1CNS(=O)(=O)c1ccc(C(=O)NCCCN(C)C)cc1. The van der Waals surface area contributed by atoms with E-state index in [-0.39, 0.29) is 17.3 Å². The second kappa shape index (κ2) is 9.64. The molecule has 7 heteroatoms. The van der Waals surface area contributed by atoms with Crippen LogP contribution in [0.1, 0.15) is 27.9 Å². The number of hydrogen-bond acceptors (Lipinski definition) is 4. The summed E-state index contributed by atoms with van der Waals surface area (Å²) in [6.45, 7) is 3.64. The molecular weight excluding hydrogens is 362 g/mol. The fraction of sp³-hybridized carbons (Fsp3) is 0.350. The van der Waals surface area contributed by atoms with Gasteiger partial charge in [0.25, 0.3) is 5.91 Å². The average molecular weight is 390 g/mol. The number of aryl methyl sites for hydroxylation is 1. The molecule has 2 aromatic carbocycles. The number of nitrogens with zero attached hydrogens (tertiary/aromatic N) is 1. The van der Waals surface area contributed by atoms with E-state index in [1.54, 1.807) is 0 Å². The largest absolute Gasteiger partial charge is 0.352 e. The van der Waals surface area contributed by atoms with E-state index < -0.39 is 10.0 Å². The smallest absolute Gasteiger partial charge is 0.251 e. The van der Waals surface area contributed by atoms with Gasteiger partial charge in [0.15, 0.2) is 0 Å². The van der Waals surface area contributed by atoms with Crippen LogP contribution in [0.3, 0.4) is 0 Å². The van der Waals surface area contributed by atoms with Gasteiger partial charge in [-0.1, -0.05) is 24.3 Å². The second-order valence-corrected chi connectivity index (χ2v) is 8.46. The molecule has 0 aromatic heterocycles. The summed E-state index contributed by atoms with van der Waals surface area (Å²) in [5, 5.41) is 2.83. The van der Waals surface area contributed by atoms with Crippen LogP contribution in [0.15, 0.2) is 53.4 Å². The Hall–Kier alpha value is -2.22. The van der Waals surface area contributed by atoms with Crippen molar-refractivity contribution < 1.29 is 13.2 Å². The molecular formula is C20H27N3O3S. The second-order valence-electron chi connectivity index (χ2n) is 6.69. The molecule has 6 nitrogen and oxygen atoms in total. The summed E-state index contributed by atoms with van der Waals surface area (Å²) in [4.78, 5) is 14.3. The van der Waals surface area contributed by atoms with Crippen molar-refractivity contribution in [3.8, 4) is 0 Å². The first-order chi connectivity index (χ1) is 12.8. The predicted octanol–water partition coefficient (Wildman–Crippen LogP) is 2.16. The number of rotatable bonds is 9. The van der Waals surface area contributed by atoms with Gasteiger partial charge in [-0.3, -0.25) is 4.79 Å². The Morgan fingerprint density at radius 2 is 1.70 bits per heavy atom. The monoisotopic (exact) mass is 389 g/mol. The Bertz CT molecular complexity index is 862. The van der Waals surface area contributed by atoms with Crippen molar-refractivity contribution in [2.24, 2.45) is 0 Å². The van der Waals surface area contributed by atoms with Gasteiger partial charge in [0.05, 0.1) is 4.90 Å². The van der Waals surface area contributed by atoms with Gasteiger partial charge < -0.3 is 10.2 Å². The van der Waals surface area contributed by atoms with Gasteiger partial charge in [0.2, 0.25) is 10.0 Å². The Morgan fingerprint density at radius 1 is 1.04 bits per heavy atom. The standard InChI is InChI=1S/C20H27N3O3S/c1-16-7-4-5-8-18(16)15-22-27(25,26)19-11-9-17(10-12-19)20(24)21-13-6-14-23(2)3/h4-5,7-12,22H,6,13-15H2,1-3H3,(H,21,24). The summed E-state index contributed by atoms with van der Waals surface area (Å²) in [6.07, 6.45) is 0.855. The first kappa shape index (κ1) is 21.1. The van der Waals surface area contributed by atoms with Crippen molar-refractivity contribution in [3.05, 3.63) is 65.2 Å². The lowest BCUT2D eigenvalue weighted by atomic mass is 10.1. The molecule has 27 heavy (non-hydrogen) atoms. The van der Waals surface area contributed by atoms with Crippen LogP contribution in [-0.2, 0) is 16.6 Å². The van der Waals surface area contributed by atoms with Crippen molar-refractivity contribution in [2.75, 3.05) is 27.2 Å². The third-order valence-corrected chi connectivity index (χ3v) is 5.63. The van der Waals surface area contributed by atoms with Crippen LogP contribution in [0.5, 0.6) is 0 Å². The summed E-state index contributed by atoms with van der Waals surface area (Å²) in [5.41, 5.74) is 2.40. The zero-order valence-electron chi connectivity index (χ0n) is 16.0. The maximum absolute atomic E-state index is 12.5. The van der Waals surface area contributed by atoms with Gasteiger partial charge >= 0.3 is 0 Å². The molecule has 0 heterocycles. The Labute approximate surface area is 161 Å². The van der Waals surface area contributed by atoms with E-state index in [9.17, 15) is 13.2 Å². The van der Waals surface area contributed by atoms with Crippen LogP contribution in [0.2, 0.25) is 0 Å². The molecule has 0 unspecified atom stereocenters. The number of benzene rings is 2. The molecule has 0 saturated carbocycles. The summed E-state index contributed by atoms with van der Waals surface area (Å²) < 4.78 is 27.5. The fourth-order valence-electron chi connectivity index (χ4n) is 2.55. The third-order valence-electron chi connectivity index (χ3n) is 4.21. The Kier molecular flexibility index (Phi) is 7.53. The summed E-state index contributed by atoms with van der Waals surface area (Å²) in [6, 6.07) is 13.6. The molecule has 0 radical (unpaired) electrons. The van der Waals surface area contributed by atoms with E-state index in [0.717, 1.165) is 24.1 Å². The summed E-state index contributed by atoms with van der Waals surface area (Å²) >= 11 is 0. The van der Waals surface area contributed by atoms with Crippen LogP contribution in [0.25, 0.3) is 0 Å².